The van der Waals surface area contributed by atoms with Crippen molar-refractivity contribution in [2.75, 3.05) is 0 Å². The van der Waals surface area contributed by atoms with Crippen LogP contribution in [0, 0.1) is 5.82 Å². The second-order valence-corrected chi connectivity index (χ2v) is 4.51. The number of aliphatic hydroxyl groups is 1. The lowest BCUT2D eigenvalue weighted by molar-refractivity contribution is 0.195. The first-order chi connectivity index (χ1) is 8.18. The highest BCUT2D eigenvalue weighted by atomic mass is 32.2. The van der Waals surface area contributed by atoms with Gasteiger partial charge in [0.05, 0.1) is 11.0 Å². The predicted octanol–water partition coefficient (Wildman–Crippen LogP) is 2.82. The molecule has 5 heteroatoms. The molecule has 0 spiro atoms. The fourth-order valence-corrected chi connectivity index (χ4v) is 2.37. The van der Waals surface area contributed by atoms with Crippen LogP contribution in [-0.4, -0.2) is 15.1 Å². The Morgan fingerprint density at radius 3 is 2.82 bits per heavy atom. The van der Waals surface area contributed by atoms with Gasteiger partial charge in [0.2, 0.25) is 0 Å². The van der Waals surface area contributed by atoms with Crippen LogP contribution in [0.5, 0.6) is 0 Å². The fraction of sp³-hybridized carbons (Fsp3) is 0.167. The van der Waals surface area contributed by atoms with Crippen LogP contribution in [0.15, 0.2) is 46.7 Å². The zero-order chi connectivity index (χ0) is 12.3. The van der Waals surface area contributed by atoms with Gasteiger partial charge >= 0.3 is 0 Å². The van der Waals surface area contributed by atoms with Crippen molar-refractivity contribution in [2.24, 2.45) is 0 Å². The minimum absolute atomic E-state index is 0.355. The largest absolute Gasteiger partial charge is 0.389 e. The van der Waals surface area contributed by atoms with Crippen LogP contribution in [0.4, 0.5) is 4.39 Å². The van der Waals surface area contributed by atoms with Gasteiger partial charge in [0.1, 0.15) is 17.2 Å². The van der Waals surface area contributed by atoms with Crippen LogP contribution >= 0.6 is 11.8 Å². The zero-order valence-corrected chi connectivity index (χ0v) is 9.99. The van der Waals surface area contributed by atoms with E-state index in [0.29, 0.717) is 15.5 Å². The van der Waals surface area contributed by atoms with Crippen LogP contribution in [0.1, 0.15) is 18.6 Å². The van der Waals surface area contributed by atoms with Gasteiger partial charge < -0.3 is 5.11 Å². The van der Waals surface area contributed by atoms with Crippen molar-refractivity contribution in [1.29, 1.82) is 0 Å². The van der Waals surface area contributed by atoms with E-state index in [9.17, 15) is 9.50 Å². The number of rotatable bonds is 3. The summed E-state index contributed by atoms with van der Waals surface area (Å²) in [6.45, 7) is 1.61. The van der Waals surface area contributed by atoms with Crippen LogP contribution in [-0.2, 0) is 0 Å². The van der Waals surface area contributed by atoms with Gasteiger partial charge in [-0.2, -0.15) is 0 Å². The van der Waals surface area contributed by atoms with Crippen LogP contribution in [0.25, 0.3) is 0 Å². The summed E-state index contributed by atoms with van der Waals surface area (Å²) in [5.74, 6) is -0.355. The van der Waals surface area contributed by atoms with Gasteiger partial charge in [0, 0.05) is 6.20 Å². The van der Waals surface area contributed by atoms with Gasteiger partial charge in [-0.1, -0.05) is 23.9 Å². The van der Waals surface area contributed by atoms with Crippen LogP contribution in [0.3, 0.4) is 0 Å². The molecule has 0 radical (unpaired) electrons. The summed E-state index contributed by atoms with van der Waals surface area (Å²) < 4.78 is 13.7. The highest BCUT2D eigenvalue weighted by molar-refractivity contribution is 7.99. The number of aromatic nitrogens is 2. The number of nitrogens with zero attached hydrogens (tertiary/aromatic N) is 2. The van der Waals surface area contributed by atoms with Gasteiger partial charge in [0.25, 0.3) is 0 Å². The molecule has 0 amide bonds. The van der Waals surface area contributed by atoms with E-state index < -0.39 is 6.10 Å². The Hall–Kier alpha value is -1.46. The molecule has 0 fully saturated rings. The van der Waals surface area contributed by atoms with Crippen molar-refractivity contribution in [3.05, 3.63) is 48.2 Å². The normalized spacial score (nSPS) is 12.4. The monoisotopic (exact) mass is 250 g/mol. The molecule has 2 rings (SSSR count). The molecule has 88 valence electrons. The van der Waals surface area contributed by atoms with E-state index in [2.05, 4.69) is 9.97 Å². The minimum atomic E-state index is -0.713. The first kappa shape index (κ1) is 12.0. The van der Waals surface area contributed by atoms with Gasteiger partial charge in [-0.05, 0) is 24.6 Å². The summed E-state index contributed by atoms with van der Waals surface area (Å²) in [5, 5.41) is 10.2. The molecule has 0 bridgehead atoms. The number of aliphatic hydroxyl groups excluding tert-OH is 1. The lowest BCUT2D eigenvalue weighted by Crippen LogP contribution is -1.96. The maximum atomic E-state index is 13.7. The Bertz CT molecular complexity index is 505. The minimum Gasteiger partial charge on any atom is -0.389 e. The van der Waals surface area contributed by atoms with Gasteiger partial charge in [0.15, 0.2) is 0 Å². The fourth-order valence-electron chi connectivity index (χ4n) is 1.41. The zero-order valence-electron chi connectivity index (χ0n) is 9.17. The van der Waals surface area contributed by atoms with E-state index in [1.54, 1.807) is 31.3 Å². The molecule has 0 saturated carbocycles. The van der Waals surface area contributed by atoms with E-state index in [1.165, 1.54) is 24.2 Å². The Morgan fingerprint density at radius 1 is 1.35 bits per heavy atom. The molecule has 0 aliphatic heterocycles. The summed E-state index contributed by atoms with van der Waals surface area (Å²) in [5.41, 5.74) is 0.564. The van der Waals surface area contributed by atoms with E-state index in [-0.39, 0.29) is 5.82 Å². The molecule has 1 atom stereocenters. The average molecular weight is 250 g/mol. The summed E-state index contributed by atoms with van der Waals surface area (Å²) in [4.78, 5) is 8.22. The molecule has 0 unspecified atom stereocenters. The summed E-state index contributed by atoms with van der Waals surface area (Å²) in [6, 6.07) is 6.36. The molecule has 3 nitrogen and oxygen atoms in total. The van der Waals surface area contributed by atoms with Crippen molar-refractivity contribution in [2.45, 2.75) is 22.9 Å². The Labute approximate surface area is 103 Å². The molecule has 0 aliphatic rings. The molecule has 1 aromatic carbocycles. The van der Waals surface area contributed by atoms with Crippen molar-refractivity contribution in [1.82, 2.24) is 9.97 Å². The van der Waals surface area contributed by atoms with Gasteiger partial charge in [-0.15, -0.1) is 0 Å². The third-order valence-corrected chi connectivity index (χ3v) is 3.29. The SMILES string of the molecule is C[C@@H](O)c1cccc(F)c1Sc1ccncn1. The van der Waals surface area contributed by atoms with Gasteiger partial charge in [-0.3, -0.25) is 0 Å². The van der Waals surface area contributed by atoms with E-state index in [4.69, 9.17) is 0 Å². The molecule has 0 aliphatic carbocycles. The number of halogens is 1. The van der Waals surface area contributed by atoms with E-state index in [1.807, 2.05) is 0 Å². The van der Waals surface area contributed by atoms with Crippen molar-refractivity contribution < 1.29 is 9.50 Å². The Balaban J connectivity index is 2.38. The van der Waals surface area contributed by atoms with Crippen molar-refractivity contribution in [3.63, 3.8) is 0 Å². The highest BCUT2D eigenvalue weighted by Crippen LogP contribution is 2.33. The molecular formula is C12H11FN2OS. The standard InChI is InChI=1S/C12H11FN2OS/c1-8(16)9-3-2-4-10(13)12(9)17-11-5-6-14-7-15-11/h2-8,16H,1H3/t8-/m1/s1. The summed E-state index contributed by atoms with van der Waals surface area (Å²) >= 11 is 1.18. The molecule has 1 heterocycles. The molecule has 1 aromatic heterocycles. The smallest absolute Gasteiger partial charge is 0.137 e. The second kappa shape index (κ2) is 5.25. The van der Waals surface area contributed by atoms with Crippen LogP contribution < -0.4 is 0 Å². The average Bonchev–Trinajstić information content (AvgIpc) is 2.33. The lowest BCUT2D eigenvalue weighted by atomic mass is 10.1. The maximum Gasteiger partial charge on any atom is 0.137 e. The summed E-state index contributed by atoms with van der Waals surface area (Å²) in [6.07, 6.45) is 2.29. The summed E-state index contributed by atoms with van der Waals surface area (Å²) in [7, 11) is 0. The first-order valence-corrected chi connectivity index (χ1v) is 5.90. The topological polar surface area (TPSA) is 46.0 Å². The van der Waals surface area contributed by atoms with Crippen molar-refractivity contribution >= 4 is 11.8 Å². The number of benzene rings is 1. The van der Waals surface area contributed by atoms with Gasteiger partial charge in [-0.25, -0.2) is 14.4 Å². The van der Waals surface area contributed by atoms with E-state index in [0.717, 1.165) is 0 Å². The quantitative estimate of drug-likeness (QED) is 0.851. The second-order valence-electron chi connectivity index (χ2n) is 3.48. The third-order valence-electron chi connectivity index (χ3n) is 2.21. The molecular weight excluding hydrogens is 239 g/mol. The molecule has 0 saturated heterocycles. The Morgan fingerprint density at radius 2 is 2.18 bits per heavy atom. The first-order valence-electron chi connectivity index (χ1n) is 5.09. The molecule has 1 N–H and O–H groups in total. The number of hydrogen-bond donors (Lipinski definition) is 1. The highest BCUT2D eigenvalue weighted by Gasteiger charge is 2.14. The third kappa shape index (κ3) is 2.81. The Kier molecular flexibility index (Phi) is 3.71. The van der Waals surface area contributed by atoms with Crippen molar-refractivity contribution in [3.8, 4) is 0 Å². The number of hydrogen-bond acceptors (Lipinski definition) is 4. The predicted molar refractivity (Wildman–Crippen MR) is 63.2 cm³/mol. The van der Waals surface area contributed by atoms with Crippen LogP contribution in [0.2, 0.25) is 0 Å². The maximum absolute atomic E-state index is 13.7. The lowest BCUT2D eigenvalue weighted by Gasteiger charge is -2.11. The molecule has 17 heavy (non-hydrogen) atoms. The molecule has 2 aromatic rings. The van der Waals surface area contributed by atoms with E-state index >= 15 is 0 Å².